The van der Waals surface area contributed by atoms with Crippen molar-refractivity contribution < 1.29 is 28.1 Å². The number of allylic oxidation sites excluding steroid dienone is 1. The van der Waals surface area contributed by atoms with Crippen molar-refractivity contribution in [2.24, 2.45) is 5.73 Å². The predicted octanol–water partition coefficient (Wildman–Crippen LogP) is 5.99. The number of ether oxygens (including phenoxy) is 4. The fourth-order valence-corrected chi connectivity index (χ4v) is 4.18. The number of carbonyl (C=O) groups excluding carboxylic acids is 1. The molecule has 0 bridgehead atoms. The number of carbonyl (C=O) groups is 1. The van der Waals surface area contributed by atoms with Crippen molar-refractivity contribution in [3.8, 4) is 29.1 Å². The van der Waals surface area contributed by atoms with E-state index in [0.717, 1.165) is 24.8 Å². The Balaban J connectivity index is 1.58. The van der Waals surface area contributed by atoms with Gasteiger partial charge in [0.05, 0.1) is 12.5 Å². The number of halogens is 1. The number of benzene rings is 3. The average Bonchev–Trinajstić information content (AvgIpc) is 2.91. The molecule has 196 valence electrons. The zero-order chi connectivity index (χ0) is 27.1. The Morgan fingerprint density at radius 3 is 2.55 bits per heavy atom. The van der Waals surface area contributed by atoms with Crippen molar-refractivity contribution in [2.75, 3.05) is 6.61 Å². The first-order chi connectivity index (χ1) is 18.4. The quantitative estimate of drug-likeness (QED) is 0.201. The number of nitrogens with zero attached hydrogens (tertiary/aromatic N) is 1. The van der Waals surface area contributed by atoms with Gasteiger partial charge in [-0.1, -0.05) is 56.2 Å². The van der Waals surface area contributed by atoms with Crippen molar-refractivity contribution in [1.82, 2.24) is 0 Å². The van der Waals surface area contributed by atoms with E-state index in [1.54, 1.807) is 18.2 Å². The van der Waals surface area contributed by atoms with Crippen LogP contribution >= 0.6 is 0 Å². The first kappa shape index (κ1) is 26.6. The van der Waals surface area contributed by atoms with Crippen LogP contribution in [-0.2, 0) is 4.79 Å². The number of para-hydroxylation sites is 2. The third kappa shape index (κ3) is 5.89. The van der Waals surface area contributed by atoms with E-state index in [0.29, 0.717) is 23.7 Å². The Kier molecular flexibility index (Phi) is 8.49. The van der Waals surface area contributed by atoms with E-state index in [2.05, 4.69) is 13.0 Å². The lowest BCUT2D eigenvalue weighted by Gasteiger charge is -2.28. The van der Waals surface area contributed by atoms with E-state index in [1.807, 2.05) is 24.3 Å². The molecular formula is C30H29FN2O5. The van der Waals surface area contributed by atoms with Gasteiger partial charge in [-0.05, 0) is 37.6 Å². The highest BCUT2D eigenvalue weighted by atomic mass is 19.1. The van der Waals surface area contributed by atoms with Crippen LogP contribution in [0.3, 0.4) is 0 Å². The molecular weight excluding hydrogens is 487 g/mol. The monoisotopic (exact) mass is 516 g/mol. The highest BCUT2D eigenvalue weighted by Gasteiger charge is 2.33. The topological polar surface area (TPSA) is 104 Å². The van der Waals surface area contributed by atoms with Crippen LogP contribution in [0.4, 0.5) is 4.39 Å². The molecule has 3 aromatic carbocycles. The Labute approximate surface area is 221 Å². The van der Waals surface area contributed by atoms with E-state index in [-0.39, 0.29) is 23.0 Å². The summed E-state index contributed by atoms with van der Waals surface area (Å²) in [6.45, 7) is 4.16. The van der Waals surface area contributed by atoms with E-state index in [4.69, 9.17) is 24.7 Å². The number of esters is 1. The zero-order valence-corrected chi connectivity index (χ0v) is 21.3. The maximum absolute atomic E-state index is 13.9. The Morgan fingerprint density at radius 1 is 1.08 bits per heavy atom. The summed E-state index contributed by atoms with van der Waals surface area (Å²) in [5.41, 5.74) is 7.87. The molecule has 0 aromatic heterocycles. The van der Waals surface area contributed by atoms with Gasteiger partial charge in [0, 0.05) is 17.2 Å². The first-order valence-corrected chi connectivity index (χ1v) is 12.5. The van der Waals surface area contributed by atoms with E-state index >= 15 is 0 Å². The van der Waals surface area contributed by atoms with Crippen LogP contribution in [0.15, 0.2) is 78.2 Å². The lowest BCUT2D eigenvalue weighted by Crippen LogP contribution is -2.29. The normalized spacial score (nSPS) is 15.1. The summed E-state index contributed by atoms with van der Waals surface area (Å²) < 4.78 is 36.6. The Hall–Kier alpha value is -4.51. The summed E-state index contributed by atoms with van der Waals surface area (Å²) >= 11 is 0. The van der Waals surface area contributed by atoms with Crippen LogP contribution in [-0.4, -0.2) is 18.7 Å². The molecule has 2 N–H and O–H groups in total. The molecule has 38 heavy (non-hydrogen) atoms. The van der Waals surface area contributed by atoms with Gasteiger partial charge in [0.25, 0.3) is 0 Å². The number of hydrogen-bond donors (Lipinski definition) is 1. The largest absolute Gasteiger partial charge is 0.493 e. The van der Waals surface area contributed by atoms with Crippen molar-refractivity contribution >= 4 is 5.97 Å². The summed E-state index contributed by atoms with van der Waals surface area (Å²) in [6.07, 6.45) is 2.00. The molecule has 0 amide bonds. The third-order valence-corrected chi connectivity index (χ3v) is 6.12. The SMILES string of the molecule is CCCCCOc1ccccc1C1C(C#N)=C(N)Oc2cc(OC(=O)C(C)Oc3ccccc3F)ccc21. The molecule has 1 heterocycles. The number of rotatable bonds is 10. The summed E-state index contributed by atoms with van der Waals surface area (Å²) in [4.78, 5) is 12.6. The molecule has 2 atom stereocenters. The predicted molar refractivity (Wildman–Crippen MR) is 139 cm³/mol. The van der Waals surface area contributed by atoms with Gasteiger partial charge in [0.1, 0.15) is 28.9 Å². The van der Waals surface area contributed by atoms with Gasteiger partial charge >= 0.3 is 5.97 Å². The van der Waals surface area contributed by atoms with Crippen molar-refractivity contribution in [1.29, 1.82) is 5.26 Å². The fourth-order valence-electron chi connectivity index (χ4n) is 4.18. The maximum atomic E-state index is 13.9. The molecule has 2 unspecified atom stereocenters. The minimum atomic E-state index is -1.07. The van der Waals surface area contributed by atoms with E-state index in [1.165, 1.54) is 31.2 Å². The van der Waals surface area contributed by atoms with Crippen LogP contribution in [0.25, 0.3) is 0 Å². The number of hydrogen-bond acceptors (Lipinski definition) is 7. The van der Waals surface area contributed by atoms with Gasteiger partial charge in [-0.3, -0.25) is 0 Å². The minimum Gasteiger partial charge on any atom is -0.493 e. The van der Waals surface area contributed by atoms with Gasteiger partial charge in [0.15, 0.2) is 17.7 Å². The number of nitrogens with two attached hydrogens (primary N) is 1. The molecule has 0 fully saturated rings. The fraction of sp³-hybridized carbons (Fsp3) is 0.267. The molecule has 0 saturated heterocycles. The third-order valence-electron chi connectivity index (χ3n) is 6.12. The highest BCUT2D eigenvalue weighted by molar-refractivity contribution is 5.77. The standard InChI is InChI=1S/C30H29FN2O5/c1-3-4-9-16-35-25-12-7-5-10-21(25)28-22-15-14-20(17-27(22)38-29(33)23(28)18-32)37-30(34)19(2)36-26-13-8-6-11-24(26)31/h5-8,10-15,17,19,28H,3-4,9,16,33H2,1-2H3. The van der Waals surface area contributed by atoms with Gasteiger partial charge in [-0.15, -0.1) is 0 Å². The molecule has 1 aliphatic heterocycles. The molecule has 1 aliphatic rings. The van der Waals surface area contributed by atoms with Gasteiger partial charge in [-0.25, -0.2) is 9.18 Å². The van der Waals surface area contributed by atoms with Crippen LogP contribution in [0.5, 0.6) is 23.0 Å². The van der Waals surface area contributed by atoms with Crippen LogP contribution in [0.2, 0.25) is 0 Å². The number of nitriles is 1. The molecule has 4 rings (SSSR count). The van der Waals surface area contributed by atoms with Crippen molar-refractivity contribution in [3.05, 3.63) is 95.1 Å². The summed E-state index contributed by atoms with van der Waals surface area (Å²) in [6, 6.07) is 20.4. The van der Waals surface area contributed by atoms with Crippen LogP contribution in [0.1, 0.15) is 50.2 Å². The number of unbranched alkanes of at least 4 members (excludes halogenated alkanes) is 2. The number of fused-ring (bicyclic) bond motifs is 1. The van der Waals surface area contributed by atoms with E-state index in [9.17, 15) is 14.4 Å². The minimum absolute atomic E-state index is 0.0366. The van der Waals surface area contributed by atoms with Gasteiger partial charge in [0.2, 0.25) is 5.88 Å². The van der Waals surface area contributed by atoms with Crippen LogP contribution in [0, 0.1) is 17.1 Å². The summed E-state index contributed by atoms with van der Waals surface area (Å²) in [5, 5.41) is 9.91. The van der Waals surface area contributed by atoms with Gasteiger partial charge < -0.3 is 24.7 Å². The van der Waals surface area contributed by atoms with Crippen molar-refractivity contribution in [3.63, 3.8) is 0 Å². The second-order valence-electron chi connectivity index (χ2n) is 8.83. The lowest BCUT2D eigenvalue weighted by atomic mass is 9.83. The Morgan fingerprint density at radius 2 is 1.82 bits per heavy atom. The van der Waals surface area contributed by atoms with Crippen molar-refractivity contribution in [2.45, 2.75) is 45.1 Å². The smallest absolute Gasteiger partial charge is 0.352 e. The van der Waals surface area contributed by atoms with E-state index < -0.39 is 23.8 Å². The Bertz CT molecular complexity index is 1380. The second-order valence-corrected chi connectivity index (χ2v) is 8.83. The molecule has 0 spiro atoms. The second kappa shape index (κ2) is 12.2. The average molecular weight is 517 g/mol. The highest BCUT2D eigenvalue weighted by Crippen LogP contribution is 2.46. The molecule has 0 radical (unpaired) electrons. The van der Waals surface area contributed by atoms with Crippen LogP contribution < -0.4 is 24.7 Å². The molecule has 0 aliphatic carbocycles. The summed E-state index contributed by atoms with van der Waals surface area (Å²) in [5.74, 6) is -0.709. The lowest BCUT2D eigenvalue weighted by molar-refractivity contribution is -0.141. The first-order valence-electron chi connectivity index (χ1n) is 12.5. The molecule has 8 heteroatoms. The molecule has 7 nitrogen and oxygen atoms in total. The van der Waals surface area contributed by atoms with Gasteiger partial charge in [-0.2, -0.15) is 5.26 Å². The molecule has 3 aromatic rings. The molecule has 0 saturated carbocycles. The maximum Gasteiger partial charge on any atom is 0.352 e. The zero-order valence-electron chi connectivity index (χ0n) is 21.3. The summed E-state index contributed by atoms with van der Waals surface area (Å²) in [7, 11) is 0.